The molecule has 180 valence electrons. The van der Waals surface area contributed by atoms with Crippen molar-refractivity contribution in [1.82, 2.24) is 4.98 Å². The van der Waals surface area contributed by atoms with E-state index >= 15 is 0 Å². The van der Waals surface area contributed by atoms with Crippen molar-refractivity contribution in [1.29, 1.82) is 0 Å². The van der Waals surface area contributed by atoms with E-state index in [1.165, 1.54) is 34.7 Å². The monoisotopic (exact) mass is 552 g/mol. The maximum Gasteiger partial charge on any atom is 0.295 e. The van der Waals surface area contributed by atoms with Crippen LogP contribution in [0.1, 0.15) is 42.5 Å². The van der Waals surface area contributed by atoms with Crippen LogP contribution in [0.3, 0.4) is 0 Å². The van der Waals surface area contributed by atoms with E-state index < -0.39 is 15.7 Å². The lowest BCUT2D eigenvalue weighted by atomic mass is 9.87. The molecular weight excluding hydrogens is 528 g/mol. The van der Waals surface area contributed by atoms with Gasteiger partial charge in [-0.25, -0.2) is 13.4 Å². The van der Waals surface area contributed by atoms with E-state index in [4.69, 9.17) is 4.42 Å². The summed E-state index contributed by atoms with van der Waals surface area (Å²) < 4.78 is 32.3. The molecule has 0 unspecified atom stereocenters. The second kappa shape index (κ2) is 9.79. The molecule has 2 heterocycles. The highest BCUT2D eigenvalue weighted by Gasteiger charge is 2.27. The molecule has 1 amide bonds. The number of sulfone groups is 1. The van der Waals surface area contributed by atoms with Gasteiger partial charge in [0.25, 0.3) is 5.91 Å². The Balaban J connectivity index is 1.65. The van der Waals surface area contributed by atoms with Gasteiger partial charge in [0.05, 0.1) is 11.4 Å². The Morgan fingerprint density at radius 3 is 2.23 bits per heavy atom. The number of nitrogens with zero attached hydrogens (tertiary/aromatic N) is 2. The van der Waals surface area contributed by atoms with E-state index in [0.29, 0.717) is 5.82 Å². The highest BCUT2D eigenvalue weighted by atomic mass is 79.9. The van der Waals surface area contributed by atoms with Crippen LogP contribution >= 0.6 is 15.9 Å². The van der Waals surface area contributed by atoms with E-state index in [0.717, 1.165) is 10.0 Å². The minimum atomic E-state index is -3.91. The maximum atomic E-state index is 13.5. The zero-order valence-electron chi connectivity index (χ0n) is 19.6. The Hall–Kier alpha value is -3.23. The van der Waals surface area contributed by atoms with Gasteiger partial charge >= 0.3 is 0 Å². The van der Waals surface area contributed by atoms with Gasteiger partial charge < -0.3 is 4.42 Å². The first kappa shape index (κ1) is 24.9. The van der Waals surface area contributed by atoms with Gasteiger partial charge in [0.15, 0.2) is 5.76 Å². The smallest absolute Gasteiger partial charge is 0.295 e. The molecule has 6 nitrogen and oxygen atoms in total. The van der Waals surface area contributed by atoms with E-state index in [9.17, 15) is 13.2 Å². The van der Waals surface area contributed by atoms with Gasteiger partial charge in [-0.05, 0) is 65.1 Å². The van der Waals surface area contributed by atoms with Crippen molar-refractivity contribution in [3.8, 4) is 0 Å². The van der Waals surface area contributed by atoms with Gasteiger partial charge in [-0.3, -0.25) is 9.69 Å². The first-order chi connectivity index (χ1) is 16.6. The molecule has 0 spiro atoms. The first-order valence-electron chi connectivity index (χ1n) is 11.0. The number of furan rings is 1. The largest absolute Gasteiger partial charge is 0.439 e. The Bertz CT molecular complexity index is 1420. The van der Waals surface area contributed by atoms with Crippen LogP contribution in [0.2, 0.25) is 0 Å². The summed E-state index contributed by atoms with van der Waals surface area (Å²) >= 11 is 3.30. The summed E-state index contributed by atoms with van der Waals surface area (Å²) in [6.45, 7) is 6.67. The molecule has 0 saturated carbocycles. The molecule has 0 radical (unpaired) electrons. The lowest BCUT2D eigenvalue weighted by molar-refractivity contribution is 0.0952. The second-order valence-corrected chi connectivity index (χ2v) is 11.9. The predicted molar refractivity (Wildman–Crippen MR) is 138 cm³/mol. The summed E-state index contributed by atoms with van der Waals surface area (Å²) in [5.41, 5.74) is 2.11. The quantitative estimate of drug-likeness (QED) is 0.276. The van der Waals surface area contributed by atoms with Gasteiger partial charge in [-0.15, -0.1) is 0 Å². The zero-order chi connectivity index (χ0) is 25.2. The molecule has 0 aliphatic heterocycles. The van der Waals surface area contributed by atoms with Crippen LogP contribution < -0.4 is 4.90 Å². The highest BCUT2D eigenvalue weighted by Crippen LogP contribution is 2.27. The lowest BCUT2D eigenvalue weighted by Gasteiger charge is -2.22. The number of hydrogen-bond acceptors (Lipinski definition) is 5. The van der Waals surface area contributed by atoms with Gasteiger partial charge in [0.1, 0.15) is 5.82 Å². The van der Waals surface area contributed by atoms with Crippen molar-refractivity contribution in [3.63, 3.8) is 0 Å². The van der Waals surface area contributed by atoms with Crippen LogP contribution in [-0.2, 0) is 21.8 Å². The molecule has 0 atom stereocenters. The summed E-state index contributed by atoms with van der Waals surface area (Å²) in [6, 6.07) is 22.2. The van der Waals surface area contributed by atoms with Crippen molar-refractivity contribution in [3.05, 3.63) is 106 Å². The van der Waals surface area contributed by atoms with Crippen LogP contribution in [0.4, 0.5) is 5.82 Å². The topological polar surface area (TPSA) is 80.5 Å². The number of pyridine rings is 1. The van der Waals surface area contributed by atoms with Gasteiger partial charge in [0, 0.05) is 10.7 Å². The zero-order valence-corrected chi connectivity index (χ0v) is 22.0. The van der Waals surface area contributed by atoms with E-state index in [1.54, 1.807) is 36.5 Å². The van der Waals surface area contributed by atoms with Crippen LogP contribution in [0.25, 0.3) is 0 Å². The minimum Gasteiger partial charge on any atom is -0.439 e. The molecule has 0 bridgehead atoms. The number of benzene rings is 2. The van der Waals surface area contributed by atoms with E-state index in [1.807, 2.05) is 24.3 Å². The SMILES string of the molecule is CC(C)(C)c1ccc(CN(C(=O)c2ccc(S(=O)(=O)c3ccc(Br)cc3)o2)c2ccccn2)cc1. The fourth-order valence-corrected chi connectivity index (χ4v) is 4.94. The van der Waals surface area contributed by atoms with E-state index in [2.05, 4.69) is 41.7 Å². The molecular formula is C27H25BrN2O4S. The number of carbonyl (C=O) groups is 1. The van der Waals surface area contributed by atoms with Crippen LogP contribution in [0, 0.1) is 0 Å². The molecule has 35 heavy (non-hydrogen) atoms. The molecule has 2 aromatic heterocycles. The number of hydrogen-bond donors (Lipinski definition) is 0. The standard InChI is InChI=1S/C27H25BrN2O4S/c1-27(2,3)20-9-7-19(8-10-20)18-30(24-6-4-5-17-29-24)26(31)23-15-16-25(34-23)35(32,33)22-13-11-21(28)12-14-22/h4-17H,18H2,1-3H3. The van der Waals surface area contributed by atoms with Crippen LogP contribution in [0.5, 0.6) is 0 Å². The Morgan fingerprint density at radius 2 is 1.63 bits per heavy atom. The third-order valence-electron chi connectivity index (χ3n) is 5.51. The maximum absolute atomic E-state index is 13.5. The predicted octanol–water partition coefficient (Wildman–Crippen LogP) is 6.41. The molecule has 0 aliphatic rings. The van der Waals surface area contributed by atoms with Gasteiger partial charge in [-0.1, -0.05) is 67.0 Å². The Kier molecular flexibility index (Phi) is 6.96. The minimum absolute atomic E-state index is 0.0138. The molecule has 0 fully saturated rings. The molecule has 4 aromatic rings. The van der Waals surface area contributed by atoms with E-state index in [-0.39, 0.29) is 27.7 Å². The summed E-state index contributed by atoms with van der Waals surface area (Å²) in [5, 5.41) is -0.293. The highest BCUT2D eigenvalue weighted by molar-refractivity contribution is 9.10. The fraction of sp³-hybridized carbons (Fsp3) is 0.185. The molecule has 2 aromatic carbocycles. The molecule has 8 heteroatoms. The summed E-state index contributed by atoms with van der Waals surface area (Å²) in [4.78, 5) is 19.4. The van der Waals surface area contributed by atoms with Crippen LogP contribution in [-0.4, -0.2) is 19.3 Å². The average molecular weight is 553 g/mol. The van der Waals surface area contributed by atoms with Crippen molar-refractivity contribution < 1.29 is 17.6 Å². The number of carbonyl (C=O) groups excluding carboxylic acids is 1. The number of amides is 1. The number of anilines is 1. The normalized spacial score (nSPS) is 11.9. The number of rotatable bonds is 6. The van der Waals surface area contributed by atoms with Gasteiger partial charge in [-0.2, -0.15) is 0 Å². The molecule has 0 aliphatic carbocycles. The van der Waals surface area contributed by atoms with Gasteiger partial charge in [0.2, 0.25) is 14.9 Å². The Labute approximate surface area is 213 Å². The lowest BCUT2D eigenvalue weighted by Crippen LogP contribution is -2.31. The third-order valence-corrected chi connectivity index (χ3v) is 7.68. The Morgan fingerprint density at radius 1 is 0.943 bits per heavy atom. The second-order valence-electron chi connectivity index (χ2n) is 9.10. The summed E-state index contributed by atoms with van der Waals surface area (Å²) in [7, 11) is -3.91. The first-order valence-corrected chi connectivity index (χ1v) is 13.3. The van der Waals surface area contributed by atoms with Crippen molar-refractivity contribution in [2.24, 2.45) is 0 Å². The van der Waals surface area contributed by atoms with Crippen LogP contribution in [0.15, 0.2) is 104 Å². The number of halogens is 1. The molecule has 4 rings (SSSR count). The number of aromatic nitrogens is 1. The summed E-state index contributed by atoms with van der Waals surface area (Å²) in [6.07, 6.45) is 1.60. The fourth-order valence-electron chi connectivity index (χ4n) is 3.51. The summed E-state index contributed by atoms with van der Waals surface area (Å²) in [5.74, 6) is -0.135. The van der Waals surface area contributed by atoms with Crippen molar-refractivity contribution in [2.45, 2.75) is 42.7 Å². The molecule has 0 saturated heterocycles. The molecule has 0 N–H and O–H groups in total. The van der Waals surface area contributed by atoms with Crippen molar-refractivity contribution in [2.75, 3.05) is 4.90 Å². The average Bonchev–Trinajstić information content (AvgIpc) is 3.34. The van der Waals surface area contributed by atoms with Crippen molar-refractivity contribution >= 4 is 37.5 Å². The third kappa shape index (κ3) is 5.55.